The molecule has 0 fully saturated rings. The number of nitrogens with zero attached hydrogens (tertiary/aromatic N) is 1. The summed E-state index contributed by atoms with van der Waals surface area (Å²) in [5.41, 5.74) is 0.923. The third-order valence-corrected chi connectivity index (χ3v) is 4.65. The average molecular weight is 474 g/mol. The lowest BCUT2D eigenvalue weighted by molar-refractivity contribution is 0.281. The van der Waals surface area contributed by atoms with Gasteiger partial charge < -0.3 is 14.4 Å². The van der Waals surface area contributed by atoms with E-state index in [1.807, 2.05) is 175 Å². The van der Waals surface area contributed by atoms with Gasteiger partial charge in [-0.1, -0.05) is 115 Å². The van der Waals surface area contributed by atoms with E-state index in [4.69, 9.17) is 9.47 Å². The normalized spacial score (nSPS) is 30.2. The molecule has 0 spiro atoms. The van der Waals surface area contributed by atoms with E-state index in [2.05, 4.69) is 0 Å². The molecular formula is C33H31NO2. The van der Waals surface area contributed by atoms with Crippen LogP contribution in [0, 0.1) is 0 Å². The molecule has 0 aliphatic carbocycles. The molecular weight excluding hydrogens is 442 g/mol. The summed E-state index contributed by atoms with van der Waals surface area (Å²) in [7, 11) is 0. The van der Waals surface area contributed by atoms with Gasteiger partial charge in [0.15, 0.2) is 0 Å². The van der Waals surface area contributed by atoms with Crippen molar-refractivity contribution in [1.82, 2.24) is 4.90 Å². The fourth-order valence-corrected chi connectivity index (χ4v) is 2.92. The van der Waals surface area contributed by atoms with E-state index in [9.17, 15) is 0 Å². The monoisotopic (exact) mass is 473 g/mol. The number of allylic oxidation sites excluding steroid dienone is 25. The molecule has 3 aliphatic rings. The van der Waals surface area contributed by atoms with E-state index in [0.29, 0.717) is 6.61 Å². The van der Waals surface area contributed by atoms with Crippen LogP contribution < -0.4 is 0 Å². The van der Waals surface area contributed by atoms with Gasteiger partial charge in [0.25, 0.3) is 0 Å². The zero-order valence-corrected chi connectivity index (χ0v) is 20.2. The summed E-state index contributed by atoms with van der Waals surface area (Å²) in [4.78, 5) is 1.98. The Morgan fingerprint density at radius 3 is 1.69 bits per heavy atom. The van der Waals surface area contributed by atoms with E-state index in [0.717, 1.165) is 17.2 Å². The molecule has 36 heavy (non-hydrogen) atoms. The zero-order valence-electron chi connectivity index (χ0n) is 20.2. The fraction of sp³-hybridized carbons (Fsp3) is 0.0303. The van der Waals surface area contributed by atoms with Crippen molar-refractivity contribution in [3.63, 3.8) is 0 Å². The SMILES string of the molecule is C1=C\C2=C/C=C/C=C\C=C/C=C\C=C\C=C\C=C\C=C\C=C/CO/C=C3\C=CC=CN3/C=C/C(=C1)O2. The van der Waals surface area contributed by atoms with Crippen molar-refractivity contribution >= 4 is 0 Å². The molecule has 0 unspecified atom stereocenters. The van der Waals surface area contributed by atoms with Crippen molar-refractivity contribution in [3.8, 4) is 0 Å². The van der Waals surface area contributed by atoms with Crippen LogP contribution in [0.2, 0.25) is 0 Å². The Morgan fingerprint density at radius 1 is 0.472 bits per heavy atom. The van der Waals surface area contributed by atoms with Crippen molar-refractivity contribution in [1.29, 1.82) is 0 Å². The van der Waals surface area contributed by atoms with Crippen molar-refractivity contribution in [2.75, 3.05) is 6.61 Å². The predicted octanol–water partition coefficient (Wildman–Crippen LogP) is 8.12. The molecule has 3 nitrogen and oxygen atoms in total. The molecule has 0 saturated heterocycles. The first-order chi connectivity index (χ1) is 17.9. The molecule has 3 heteroatoms. The van der Waals surface area contributed by atoms with Crippen LogP contribution in [0.3, 0.4) is 0 Å². The molecule has 3 heterocycles. The molecule has 0 aromatic carbocycles. The summed E-state index contributed by atoms with van der Waals surface area (Å²) >= 11 is 0. The highest BCUT2D eigenvalue weighted by Gasteiger charge is 2.06. The molecule has 2 bridgehead atoms. The summed E-state index contributed by atoms with van der Waals surface area (Å²) in [6, 6.07) is 0. The van der Waals surface area contributed by atoms with E-state index in [1.54, 1.807) is 6.26 Å². The highest BCUT2D eigenvalue weighted by molar-refractivity contribution is 5.35. The summed E-state index contributed by atoms with van der Waals surface area (Å²) in [5, 5.41) is 0. The van der Waals surface area contributed by atoms with Crippen molar-refractivity contribution < 1.29 is 9.47 Å². The molecule has 180 valence electrons. The second kappa shape index (κ2) is 16.8. The van der Waals surface area contributed by atoms with Gasteiger partial charge in [-0.2, -0.15) is 0 Å². The molecule has 0 amide bonds. The van der Waals surface area contributed by atoms with Gasteiger partial charge in [-0.25, -0.2) is 0 Å². The molecule has 0 saturated carbocycles. The molecule has 0 atom stereocenters. The summed E-state index contributed by atoms with van der Waals surface area (Å²) in [6.45, 7) is 0.482. The minimum atomic E-state index is 0.482. The Morgan fingerprint density at radius 2 is 1.03 bits per heavy atom. The largest absolute Gasteiger partial charge is 0.495 e. The van der Waals surface area contributed by atoms with E-state index in [1.165, 1.54) is 0 Å². The predicted molar refractivity (Wildman–Crippen MR) is 152 cm³/mol. The quantitative estimate of drug-likeness (QED) is 0.355. The number of ether oxygens (including phenoxy) is 2. The maximum Gasteiger partial charge on any atom is 0.128 e. The van der Waals surface area contributed by atoms with Crippen LogP contribution in [0.4, 0.5) is 0 Å². The summed E-state index contributed by atoms with van der Waals surface area (Å²) in [5.74, 6) is 1.52. The maximum atomic E-state index is 5.95. The van der Waals surface area contributed by atoms with Crippen LogP contribution >= 0.6 is 0 Å². The van der Waals surface area contributed by atoms with E-state index < -0.39 is 0 Å². The Labute approximate surface area is 214 Å². The third kappa shape index (κ3) is 10.9. The summed E-state index contributed by atoms with van der Waals surface area (Å²) < 4.78 is 11.7. The van der Waals surface area contributed by atoms with Gasteiger partial charge in [0, 0.05) is 12.4 Å². The van der Waals surface area contributed by atoms with Gasteiger partial charge in [0.05, 0.1) is 5.70 Å². The maximum absolute atomic E-state index is 5.95. The lowest BCUT2D eigenvalue weighted by atomic mass is 10.2. The van der Waals surface area contributed by atoms with Gasteiger partial charge in [-0.3, -0.25) is 0 Å². The average Bonchev–Trinajstić information content (AvgIpc) is 2.90. The first kappa shape index (κ1) is 25.9. The van der Waals surface area contributed by atoms with Gasteiger partial charge in [0.2, 0.25) is 0 Å². The van der Waals surface area contributed by atoms with Crippen molar-refractivity contribution in [3.05, 3.63) is 194 Å². The van der Waals surface area contributed by atoms with Crippen LogP contribution in [-0.4, -0.2) is 11.5 Å². The highest BCUT2D eigenvalue weighted by Crippen LogP contribution is 2.18. The molecule has 3 aliphatic heterocycles. The van der Waals surface area contributed by atoms with Crippen LogP contribution in [-0.2, 0) is 9.47 Å². The van der Waals surface area contributed by atoms with Gasteiger partial charge in [-0.15, -0.1) is 0 Å². The number of fused-ring (bicyclic) bond motifs is 3. The molecule has 3 rings (SSSR count). The number of hydrogen-bond acceptors (Lipinski definition) is 3. The smallest absolute Gasteiger partial charge is 0.128 e. The zero-order chi connectivity index (χ0) is 24.9. The number of rotatable bonds is 0. The third-order valence-electron chi connectivity index (χ3n) is 4.65. The lowest BCUT2D eigenvalue weighted by Gasteiger charge is -2.19. The lowest BCUT2D eigenvalue weighted by Crippen LogP contribution is -2.10. The minimum Gasteiger partial charge on any atom is -0.495 e. The van der Waals surface area contributed by atoms with Gasteiger partial charge in [0.1, 0.15) is 24.4 Å². The Hall–Kier alpha value is -4.76. The second-order valence-corrected chi connectivity index (χ2v) is 7.41. The highest BCUT2D eigenvalue weighted by atomic mass is 16.5. The van der Waals surface area contributed by atoms with Crippen LogP contribution in [0.15, 0.2) is 194 Å². The molecule has 0 radical (unpaired) electrons. The van der Waals surface area contributed by atoms with E-state index in [-0.39, 0.29) is 0 Å². The van der Waals surface area contributed by atoms with Crippen molar-refractivity contribution in [2.45, 2.75) is 0 Å². The Bertz CT molecular complexity index is 1200. The van der Waals surface area contributed by atoms with Gasteiger partial charge in [-0.05, 0) is 42.5 Å². The Kier molecular flexibility index (Phi) is 12.1. The summed E-state index contributed by atoms with van der Waals surface area (Å²) in [6.07, 6.45) is 56.9. The van der Waals surface area contributed by atoms with Crippen LogP contribution in [0.25, 0.3) is 0 Å². The minimum absolute atomic E-state index is 0.482. The standard InChI is InChI=1S/C33H31NO2/c1-2-4-6-8-10-12-14-16-20-29-35-30-31-22-18-19-27-34(31)28-26-33-25-21-24-32(36-33)23-17-15-13-11-9-7-5-3-1/h1-28,30H,29H2/b2-1+,5-3-,6-4+,9-7-,10-8+,13-11-,14-12+,17-15+,20-16-,28-26+,31-30+,32-23+. The van der Waals surface area contributed by atoms with Gasteiger partial charge >= 0.3 is 0 Å². The fourth-order valence-electron chi connectivity index (χ4n) is 2.92. The van der Waals surface area contributed by atoms with Crippen LogP contribution in [0.5, 0.6) is 0 Å². The van der Waals surface area contributed by atoms with E-state index >= 15 is 0 Å². The molecule has 0 aromatic rings. The molecule has 0 N–H and O–H groups in total. The molecule has 0 aromatic heterocycles. The first-order valence-electron chi connectivity index (χ1n) is 11.8. The second-order valence-electron chi connectivity index (χ2n) is 7.41. The van der Waals surface area contributed by atoms with Crippen molar-refractivity contribution in [2.24, 2.45) is 0 Å². The first-order valence-corrected chi connectivity index (χ1v) is 11.8. The number of hydrogen-bond donors (Lipinski definition) is 0. The Balaban J connectivity index is 1.69. The topological polar surface area (TPSA) is 21.7 Å². The van der Waals surface area contributed by atoms with Crippen LogP contribution in [0.1, 0.15) is 0 Å².